The number of nitro groups is 1. The first-order valence-electron chi connectivity index (χ1n) is 5.37. The van der Waals surface area contributed by atoms with E-state index in [9.17, 15) is 19.3 Å². The first kappa shape index (κ1) is 14.0. The molecule has 0 unspecified atom stereocenters. The van der Waals surface area contributed by atoms with E-state index >= 15 is 0 Å². The number of anilines is 1. The molecule has 0 bridgehead atoms. The van der Waals surface area contributed by atoms with Crippen LogP contribution in [0.1, 0.15) is 13.8 Å². The second-order valence-corrected chi connectivity index (χ2v) is 4.00. The molecule has 0 fully saturated rings. The van der Waals surface area contributed by atoms with Crippen molar-refractivity contribution in [2.24, 2.45) is 0 Å². The minimum atomic E-state index is -0.742. The molecule has 1 rings (SSSR count). The summed E-state index contributed by atoms with van der Waals surface area (Å²) < 4.78 is 12.9. The van der Waals surface area contributed by atoms with Crippen LogP contribution in [0.15, 0.2) is 18.2 Å². The first-order chi connectivity index (χ1) is 8.40. The standard InChI is InChI=1S/C11H14FN3O3/c1-7(2)13-6-11(16)14-9-4-3-8(12)5-10(9)15(17)18/h3-5,7,13H,6H2,1-2H3,(H,14,16). The van der Waals surface area contributed by atoms with Gasteiger partial charge >= 0.3 is 0 Å². The number of nitrogens with zero attached hydrogens (tertiary/aromatic N) is 1. The van der Waals surface area contributed by atoms with Crippen molar-refractivity contribution in [3.8, 4) is 0 Å². The van der Waals surface area contributed by atoms with Crippen molar-refractivity contribution in [2.45, 2.75) is 19.9 Å². The van der Waals surface area contributed by atoms with E-state index in [2.05, 4.69) is 10.6 Å². The molecule has 0 spiro atoms. The van der Waals surface area contributed by atoms with Gasteiger partial charge in [0.1, 0.15) is 11.5 Å². The molecule has 1 amide bonds. The Morgan fingerprint density at radius 2 is 2.17 bits per heavy atom. The maximum atomic E-state index is 12.9. The highest BCUT2D eigenvalue weighted by Gasteiger charge is 2.16. The van der Waals surface area contributed by atoms with Crippen molar-refractivity contribution in [3.05, 3.63) is 34.1 Å². The van der Waals surface area contributed by atoms with Gasteiger partial charge in [0.05, 0.1) is 17.5 Å². The Balaban J connectivity index is 2.78. The third-order valence-corrected chi connectivity index (χ3v) is 2.10. The molecule has 0 aliphatic heterocycles. The summed E-state index contributed by atoms with van der Waals surface area (Å²) >= 11 is 0. The molecule has 7 heteroatoms. The molecule has 0 saturated heterocycles. The smallest absolute Gasteiger partial charge is 0.295 e. The maximum absolute atomic E-state index is 12.9. The van der Waals surface area contributed by atoms with E-state index in [1.54, 1.807) is 0 Å². The van der Waals surface area contributed by atoms with Crippen LogP contribution < -0.4 is 10.6 Å². The van der Waals surface area contributed by atoms with Gasteiger partial charge in [-0.05, 0) is 12.1 Å². The lowest BCUT2D eigenvalue weighted by atomic mass is 10.2. The molecule has 0 radical (unpaired) electrons. The minimum Gasteiger partial charge on any atom is -0.319 e. The monoisotopic (exact) mass is 255 g/mol. The van der Waals surface area contributed by atoms with Gasteiger partial charge in [0.25, 0.3) is 5.69 Å². The van der Waals surface area contributed by atoms with Gasteiger partial charge in [0, 0.05) is 6.04 Å². The summed E-state index contributed by atoms with van der Waals surface area (Å²) in [5.41, 5.74) is -0.482. The Morgan fingerprint density at radius 1 is 1.50 bits per heavy atom. The largest absolute Gasteiger partial charge is 0.319 e. The number of carbonyl (C=O) groups excluding carboxylic acids is 1. The van der Waals surface area contributed by atoms with Gasteiger partial charge in [0.2, 0.25) is 5.91 Å². The van der Waals surface area contributed by atoms with Gasteiger partial charge < -0.3 is 10.6 Å². The molecule has 0 heterocycles. The quantitative estimate of drug-likeness (QED) is 0.619. The summed E-state index contributed by atoms with van der Waals surface area (Å²) in [6.45, 7) is 3.77. The van der Waals surface area contributed by atoms with E-state index in [1.165, 1.54) is 6.07 Å². The molecule has 0 aliphatic carbocycles. The van der Waals surface area contributed by atoms with Gasteiger partial charge in [-0.1, -0.05) is 13.8 Å². The van der Waals surface area contributed by atoms with Crippen molar-refractivity contribution in [1.82, 2.24) is 5.32 Å². The van der Waals surface area contributed by atoms with Crippen LogP contribution in [0, 0.1) is 15.9 Å². The fourth-order valence-corrected chi connectivity index (χ4v) is 1.25. The van der Waals surface area contributed by atoms with E-state index < -0.39 is 22.3 Å². The van der Waals surface area contributed by atoms with Gasteiger partial charge in [-0.2, -0.15) is 0 Å². The number of hydrogen-bond donors (Lipinski definition) is 2. The molecule has 0 atom stereocenters. The predicted octanol–water partition coefficient (Wildman–Crippen LogP) is 1.67. The SMILES string of the molecule is CC(C)NCC(=O)Nc1ccc(F)cc1[N+](=O)[O-]. The summed E-state index contributed by atoms with van der Waals surface area (Å²) in [6, 6.07) is 3.11. The van der Waals surface area contributed by atoms with Gasteiger partial charge in [-0.25, -0.2) is 4.39 Å². The molecular weight excluding hydrogens is 241 g/mol. The zero-order chi connectivity index (χ0) is 13.7. The lowest BCUT2D eigenvalue weighted by molar-refractivity contribution is -0.384. The van der Waals surface area contributed by atoms with Gasteiger partial charge in [-0.15, -0.1) is 0 Å². The average molecular weight is 255 g/mol. The molecule has 0 saturated carbocycles. The van der Waals surface area contributed by atoms with E-state index in [0.29, 0.717) is 0 Å². The van der Waals surface area contributed by atoms with Crippen LogP contribution in [0.25, 0.3) is 0 Å². The number of rotatable bonds is 5. The molecule has 2 N–H and O–H groups in total. The third kappa shape index (κ3) is 4.10. The van der Waals surface area contributed by atoms with Crippen LogP contribution in [0.5, 0.6) is 0 Å². The summed E-state index contributed by atoms with van der Waals surface area (Å²) in [6.07, 6.45) is 0. The van der Waals surface area contributed by atoms with Crippen molar-refractivity contribution in [3.63, 3.8) is 0 Å². The Hall–Kier alpha value is -2.02. The summed E-state index contributed by atoms with van der Waals surface area (Å²) in [4.78, 5) is 21.4. The Morgan fingerprint density at radius 3 is 2.72 bits per heavy atom. The van der Waals surface area contributed by atoms with Crippen LogP contribution in [0.3, 0.4) is 0 Å². The van der Waals surface area contributed by atoms with Crippen molar-refractivity contribution >= 4 is 17.3 Å². The molecule has 0 aromatic heterocycles. The van der Waals surface area contributed by atoms with Crippen LogP contribution >= 0.6 is 0 Å². The lowest BCUT2D eigenvalue weighted by Crippen LogP contribution is -2.32. The van der Waals surface area contributed by atoms with Crippen molar-refractivity contribution in [1.29, 1.82) is 0 Å². The Bertz CT molecular complexity index is 463. The topological polar surface area (TPSA) is 84.3 Å². The molecule has 98 valence electrons. The molecule has 6 nitrogen and oxygen atoms in total. The zero-order valence-electron chi connectivity index (χ0n) is 10.1. The molecular formula is C11H14FN3O3. The maximum Gasteiger partial charge on any atom is 0.295 e. The van der Waals surface area contributed by atoms with Crippen molar-refractivity contribution < 1.29 is 14.1 Å². The molecule has 1 aromatic rings. The number of nitro benzene ring substituents is 1. The predicted molar refractivity (Wildman–Crippen MR) is 64.8 cm³/mol. The normalized spacial score (nSPS) is 10.4. The zero-order valence-corrected chi connectivity index (χ0v) is 10.1. The molecule has 0 aliphatic rings. The van der Waals surface area contributed by atoms with Crippen molar-refractivity contribution in [2.75, 3.05) is 11.9 Å². The van der Waals surface area contributed by atoms with Crippen LogP contribution in [0.4, 0.5) is 15.8 Å². The summed E-state index contributed by atoms with van der Waals surface area (Å²) in [5, 5.41) is 15.9. The second-order valence-electron chi connectivity index (χ2n) is 4.00. The number of hydrogen-bond acceptors (Lipinski definition) is 4. The van der Waals surface area contributed by atoms with E-state index in [1.807, 2.05) is 13.8 Å². The number of benzene rings is 1. The third-order valence-electron chi connectivity index (χ3n) is 2.10. The Kier molecular flexibility index (Phi) is 4.73. The van der Waals surface area contributed by atoms with Gasteiger partial charge in [0.15, 0.2) is 0 Å². The van der Waals surface area contributed by atoms with Gasteiger partial charge in [-0.3, -0.25) is 14.9 Å². The highest BCUT2D eigenvalue weighted by molar-refractivity contribution is 5.94. The highest BCUT2D eigenvalue weighted by atomic mass is 19.1. The van der Waals surface area contributed by atoms with Crippen LogP contribution in [-0.4, -0.2) is 23.4 Å². The number of carbonyl (C=O) groups is 1. The number of nitrogens with one attached hydrogen (secondary N) is 2. The minimum absolute atomic E-state index is 0.0167. The number of halogens is 1. The van der Waals surface area contributed by atoms with E-state index in [0.717, 1.165) is 12.1 Å². The average Bonchev–Trinajstić information content (AvgIpc) is 2.28. The Labute approximate surface area is 103 Å². The summed E-state index contributed by atoms with van der Waals surface area (Å²) in [7, 11) is 0. The van der Waals surface area contributed by atoms with Crippen LogP contribution in [-0.2, 0) is 4.79 Å². The lowest BCUT2D eigenvalue weighted by Gasteiger charge is -2.09. The summed E-state index contributed by atoms with van der Waals surface area (Å²) in [5.74, 6) is -1.14. The fraction of sp³-hybridized carbons (Fsp3) is 0.364. The highest BCUT2D eigenvalue weighted by Crippen LogP contribution is 2.24. The first-order valence-corrected chi connectivity index (χ1v) is 5.37. The molecule has 1 aromatic carbocycles. The second kappa shape index (κ2) is 6.06. The fourth-order valence-electron chi connectivity index (χ4n) is 1.25. The van der Waals surface area contributed by atoms with E-state index in [4.69, 9.17) is 0 Å². The number of amides is 1. The van der Waals surface area contributed by atoms with E-state index in [-0.39, 0.29) is 18.3 Å². The molecule has 18 heavy (non-hydrogen) atoms. The van der Waals surface area contributed by atoms with Crippen LogP contribution in [0.2, 0.25) is 0 Å².